The largest absolute Gasteiger partial charge is 0.457 e. The van der Waals surface area contributed by atoms with E-state index in [9.17, 15) is 4.79 Å². The first-order chi connectivity index (χ1) is 18.7. The number of carbonyl (C=O) groups is 1. The third-order valence-electron chi connectivity index (χ3n) is 8.39. The lowest BCUT2D eigenvalue weighted by atomic mass is 9.91. The van der Waals surface area contributed by atoms with Crippen LogP contribution in [-0.2, 0) is 4.79 Å². The molecule has 6 rings (SSSR count). The summed E-state index contributed by atoms with van der Waals surface area (Å²) in [6.07, 6.45) is 4.07. The number of amides is 1. The molecule has 2 aliphatic heterocycles. The Labute approximate surface area is 226 Å². The maximum absolute atomic E-state index is 12.9. The molecule has 0 aromatic heterocycles. The first-order valence-corrected chi connectivity index (χ1v) is 14.1. The fraction of sp³-hybridized carbons (Fsp3) is 0.406. The van der Waals surface area contributed by atoms with Crippen LogP contribution in [0.4, 0.5) is 5.69 Å². The zero-order chi connectivity index (χ0) is 25.7. The number of carbonyl (C=O) groups excluding carboxylic acids is 1. The highest BCUT2D eigenvalue weighted by molar-refractivity contribution is 5.78. The summed E-state index contributed by atoms with van der Waals surface area (Å²) in [5.74, 6) is 1.98. The Morgan fingerprint density at radius 2 is 1.29 bits per heavy atom. The Hall–Kier alpha value is -3.35. The maximum Gasteiger partial charge on any atom is 0.236 e. The Morgan fingerprint density at radius 1 is 0.684 bits per heavy atom. The number of anilines is 1. The molecule has 0 N–H and O–H groups in total. The molecule has 0 spiro atoms. The van der Waals surface area contributed by atoms with Gasteiger partial charge in [0.1, 0.15) is 11.5 Å². The number of hydrogen-bond acceptors (Lipinski definition) is 5. The van der Waals surface area contributed by atoms with Crippen LogP contribution >= 0.6 is 0 Å². The smallest absolute Gasteiger partial charge is 0.236 e. The molecule has 0 unspecified atom stereocenters. The van der Waals surface area contributed by atoms with Crippen LogP contribution in [0.25, 0.3) is 11.1 Å². The van der Waals surface area contributed by atoms with Crippen LogP contribution in [-0.4, -0.2) is 85.6 Å². The normalized spacial score (nSPS) is 19.3. The second-order valence-corrected chi connectivity index (χ2v) is 10.8. The van der Waals surface area contributed by atoms with Crippen molar-refractivity contribution in [3.05, 3.63) is 78.9 Å². The average molecular weight is 511 g/mol. The van der Waals surface area contributed by atoms with E-state index < -0.39 is 0 Å². The Balaban J connectivity index is 0.964. The average Bonchev–Trinajstić information content (AvgIpc) is 2.94. The molecule has 3 aliphatic rings. The van der Waals surface area contributed by atoms with Crippen LogP contribution in [0.3, 0.4) is 0 Å². The third-order valence-corrected chi connectivity index (χ3v) is 8.39. The monoisotopic (exact) mass is 510 g/mol. The van der Waals surface area contributed by atoms with Gasteiger partial charge >= 0.3 is 0 Å². The van der Waals surface area contributed by atoms with Crippen LogP contribution in [0.15, 0.2) is 78.9 Å². The van der Waals surface area contributed by atoms with Crippen molar-refractivity contribution in [2.75, 3.05) is 63.8 Å². The van der Waals surface area contributed by atoms with E-state index in [2.05, 4.69) is 56.0 Å². The fourth-order valence-corrected chi connectivity index (χ4v) is 5.75. The van der Waals surface area contributed by atoms with Gasteiger partial charge in [-0.1, -0.05) is 48.9 Å². The van der Waals surface area contributed by atoms with Gasteiger partial charge in [0, 0.05) is 64.1 Å². The van der Waals surface area contributed by atoms with Crippen molar-refractivity contribution >= 4 is 11.6 Å². The van der Waals surface area contributed by atoms with Gasteiger partial charge < -0.3 is 14.5 Å². The lowest BCUT2D eigenvalue weighted by Crippen LogP contribution is -2.56. The molecule has 3 aromatic rings. The Bertz CT molecular complexity index is 1180. The zero-order valence-electron chi connectivity index (χ0n) is 22.2. The minimum atomic E-state index is 0.302. The van der Waals surface area contributed by atoms with Crippen molar-refractivity contribution in [1.29, 1.82) is 0 Å². The molecule has 38 heavy (non-hydrogen) atoms. The number of piperazine rings is 2. The zero-order valence-corrected chi connectivity index (χ0v) is 22.2. The second-order valence-electron chi connectivity index (χ2n) is 10.8. The van der Waals surface area contributed by atoms with Gasteiger partial charge in [0.15, 0.2) is 0 Å². The molecule has 198 valence electrons. The molecule has 2 heterocycles. The van der Waals surface area contributed by atoms with E-state index >= 15 is 0 Å². The molecular weight excluding hydrogens is 472 g/mol. The summed E-state index contributed by atoms with van der Waals surface area (Å²) in [6.45, 7) is 8.20. The molecule has 0 atom stereocenters. The summed E-state index contributed by atoms with van der Waals surface area (Å²) in [4.78, 5) is 22.3. The van der Waals surface area contributed by atoms with Gasteiger partial charge in [-0.05, 0) is 60.4 Å². The van der Waals surface area contributed by atoms with E-state index in [0.29, 0.717) is 12.5 Å². The first-order valence-electron chi connectivity index (χ1n) is 14.1. The van der Waals surface area contributed by atoms with E-state index in [4.69, 9.17) is 4.74 Å². The number of nitrogens with zero attached hydrogens (tertiary/aromatic N) is 4. The van der Waals surface area contributed by atoms with E-state index in [0.717, 1.165) is 69.9 Å². The number of benzene rings is 3. The molecule has 6 heteroatoms. The van der Waals surface area contributed by atoms with Gasteiger partial charge in [0.05, 0.1) is 6.54 Å². The summed E-state index contributed by atoms with van der Waals surface area (Å²) in [7, 11) is 0. The topological polar surface area (TPSA) is 39.3 Å². The van der Waals surface area contributed by atoms with Crippen LogP contribution < -0.4 is 9.64 Å². The van der Waals surface area contributed by atoms with Crippen molar-refractivity contribution < 1.29 is 9.53 Å². The summed E-state index contributed by atoms with van der Waals surface area (Å²) in [5, 5.41) is 0. The minimum Gasteiger partial charge on any atom is -0.457 e. The van der Waals surface area contributed by atoms with Gasteiger partial charge in [-0.3, -0.25) is 14.6 Å². The summed E-state index contributed by atoms with van der Waals surface area (Å²) < 4.78 is 5.92. The molecule has 3 fully saturated rings. The van der Waals surface area contributed by atoms with Crippen LogP contribution in [0.2, 0.25) is 0 Å². The predicted molar refractivity (Wildman–Crippen MR) is 153 cm³/mol. The molecule has 1 saturated carbocycles. The van der Waals surface area contributed by atoms with Gasteiger partial charge in [0.2, 0.25) is 5.91 Å². The predicted octanol–water partition coefficient (Wildman–Crippen LogP) is 4.96. The lowest BCUT2D eigenvalue weighted by molar-refractivity contribution is -0.134. The highest BCUT2D eigenvalue weighted by Crippen LogP contribution is 2.28. The van der Waals surface area contributed by atoms with Crippen molar-refractivity contribution in [3.63, 3.8) is 0 Å². The van der Waals surface area contributed by atoms with Crippen LogP contribution in [0.1, 0.15) is 19.3 Å². The molecule has 3 aromatic carbocycles. The van der Waals surface area contributed by atoms with Gasteiger partial charge in [-0.25, -0.2) is 0 Å². The summed E-state index contributed by atoms with van der Waals surface area (Å²) in [6, 6.07) is 27.7. The molecule has 0 radical (unpaired) electrons. The second kappa shape index (κ2) is 11.6. The standard InChI is InChI=1S/C32H38N4O2/c37-32(36-23-21-35(22-24-36)28-5-4-6-28)25-33-17-19-34(20-18-33)29-13-9-26(10-14-29)27-11-15-31(16-12-27)38-30-7-2-1-3-8-30/h1-3,7-16,28H,4-6,17-25H2. The Kier molecular flexibility index (Phi) is 7.61. The van der Waals surface area contributed by atoms with Crippen molar-refractivity contribution in [2.24, 2.45) is 0 Å². The fourth-order valence-electron chi connectivity index (χ4n) is 5.75. The van der Waals surface area contributed by atoms with Crippen molar-refractivity contribution in [1.82, 2.24) is 14.7 Å². The highest BCUT2D eigenvalue weighted by Gasteiger charge is 2.30. The van der Waals surface area contributed by atoms with Crippen molar-refractivity contribution in [2.45, 2.75) is 25.3 Å². The molecule has 2 saturated heterocycles. The number of ether oxygens (including phenoxy) is 1. The molecule has 1 aliphatic carbocycles. The SMILES string of the molecule is O=C(CN1CCN(c2ccc(-c3ccc(Oc4ccccc4)cc3)cc2)CC1)N1CCN(C2CCC2)CC1. The minimum absolute atomic E-state index is 0.302. The first kappa shape index (κ1) is 25.0. The number of hydrogen-bond donors (Lipinski definition) is 0. The van der Waals surface area contributed by atoms with E-state index in [1.165, 1.54) is 36.1 Å². The molecule has 0 bridgehead atoms. The number of rotatable bonds is 7. The van der Waals surface area contributed by atoms with Crippen LogP contribution in [0.5, 0.6) is 11.5 Å². The quantitative estimate of drug-likeness (QED) is 0.449. The molecule has 1 amide bonds. The van der Waals surface area contributed by atoms with Crippen LogP contribution in [0, 0.1) is 0 Å². The van der Waals surface area contributed by atoms with Gasteiger partial charge in [0.25, 0.3) is 0 Å². The number of para-hydroxylation sites is 1. The lowest BCUT2D eigenvalue weighted by Gasteiger charge is -2.43. The third kappa shape index (κ3) is 5.87. The van der Waals surface area contributed by atoms with E-state index in [-0.39, 0.29) is 0 Å². The van der Waals surface area contributed by atoms with Gasteiger partial charge in [-0.2, -0.15) is 0 Å². The van der Waals surface area contributed by atoms with Crippen molar-refractivity contribution in [3.8, 4) is 22.6 Å². The van der Waals surface area contributed by atoms with E-state index in [1.54, 1.807) is 0 Å². The Morgan fingerprint density at radius 3 is 1.89 bits per heavy atom. The summed E-state index contributed by atoms with van der Waals surface area (Å²) >= 11 is 0. The molecule has 6 nitrogen and oxygen atoms in total. The highest BCUT2D eigenvalue weighted by atomic mass is 16.5. The van der Waals surface area contributed by atoms with Gasteiger partial charge in [-0.15, -0.1) is 0 Å². The molecular formula is C32H38N4O2. The maximum atomic E-state index is 12.9. The van der Waals surface area contributed by atoms with E-state index in [1.807, 2.05) is 42.5 Å². The summed E-state index contributed by atoms with van der Waals surface area (Å²) in [5.41, 5.74) is 3.62.